The van der Waals surface area contributed by atoms with Gasteiger partial charge in [0.25, 0.3) is 5.91 Å². The molecule has 1 amide bonds. The van der Waals surface area contributed by atoms with Gasteiger partial charge in [0.05, 0.1) is 5.69 Å². The van der Waals surface area contributed by atoms with E-state index in [9.17, 15) is 22.4 Å². The third-order valence-electron chi connectivity index (χ3n) is 4.16. The number of nitrogens with one attached hydrogen (secondary N) is 1. The van der Waals surface area contributed by atoms with Crippen LogP contribution in [0.5, 0.6) is 5.75 Å². The minimum atomic E-state index is -4.82. The average molecular weight is 449 g/mol. The van der Waals surface area contributed by atoms with Gasteiger partial charge in [-0.3, -0.25) is 9.69 Å². The van der Waals surface area contributed by atoms with Gasteiger partial charge in [-0.25, -0.2) is 14.1 Å². The van der Waals surface area contributed by atoms with Gasteiger partial charge in [0, 0.05) is 0 Å². The molecule has 1 N–H and O–H groups in total. The second kappa shape index (κ2) is 7.80. The van der Waals surface area contributed by atoms with E-state index in [0.717, 1.165) is 17.0 Å². The van der Waals surface area contributed by atoms with Gasteiger partial charge in [-0.2, -0.15) is 5.10 Å². The minimum Gasteiger partial charge on any atom is -0.406 e. The van der Waals surface area contributed by atoms with Crippen LogP contribution in [0, 0.1) is 5.82 Å². The number of hydrogen-bond donors (Lipinski definition) is 1. The highest BCUT2D eigenvalue weighted by Gasteiger charge is 2.33. The maximum Gasteiger partial charge on any atom is 0.573 e. The average Bonchev–Trinajstić information content (AvgIpc) is 3.31. The first-order valence-electron chi connectivity index (χ1n) is 8.59. The van der Waals surface area contributed by atoms with E-state index in [1.807, 2.05) is 0 Å². The van der Waals surface area contributed by atoms with Gasteiger partial charge in [-0.05, 0) is 60.3 Å². The fourth-order valence-corrected chi connectivity index (χ4v) is 3.16. The molecule has 2 aromatic carbocycles. The van der Waals surface area contributed by atoms with Crippen LogP contribution in [0.25, 0.3) is 11.8 Å². The van der Waals surface area contributed by atoms with Crippen LogP contribution in [-0.4, -0.2) is 32.1 Å². The molecule has 1 aromatic heterocycles. The van der Waals surface area contributed by atoms with E-state index in [1.165, 1.54) is 47.7 Å². The van der Waals surface area contributed by atoms with E-state index in [2.05, 4.69) is 20.1 Å². The lowest BCUT2D eigenvalue weighted by Gasteiger charge is -2.15. The highest BCUT2D eigenvalue weighted by Crippen LogP contribution is 2.28. The fourth-order valence-electron chi connectivity index (χ4n) is 2.86. The van der Waals surface area contributed by atoms with Crippen molar-refractivity contribution >= 4 is 35.0 Å². The third kappa shape index (κ3) is 4.38. The van der Waals surface area contributed by atoms with Crippen molar-refractivity contribution < 1.29 is 27.1 Å². The van der Waals surface area contributed by atoms with Crippen LogP contribution < -0.4 is 15.0 Å². The summed E-state index contributed by atoms with van der Waals surface area (Å²) in [6, 6.07) is 8.94. The molecule has 1 saturated heterocycles. The first-order valence-corrected chi connectivity index (χ1v) is 8.99. The van der Waals surface area contributed by atoms with E-state index < -0.39 is 23.8 Å². The summed E-state index contributed by atoms with van der Waals surface area (Å²) < 4.78 is 56.4. The summed E-state index contributed by atoms with van der Waals surface area (Å²) in [7, 11) is 0. The Morgan fingerprint density at radius 2 is 1.87 bits per heavy atom. The van der Waals surface area contributed by atoms with Crippen LogP contribution in [0.1, 0.15) is 5.56 Å². The van der Waals surface area contributed by atoms with Gasteiger partial charge in [0.2, 0.25) is 0 Å². The highest BCUT2D eigenvalue weighted by atomic mass is 32.1. The monoisotopic (exact) mass is 449 g/mol. The molecule has 1 fully saturated rings. The summed E-state index contributed by atoms with van der Waals surface area (Å²) in [6.07, 6.45) is -0.797. The number of rotatable bonds is 4. The molecule has 0 unspecified atom stereocenters. The standard InChI is InChI=1S/C19H11F4N5O2S/c20-14-7-11(1-6-16(14)27-10-24-9-25-27)8-15-17(29)28(18(31)26-15)12-2-4-13(5-3-12)30-19(21,22)23/h1-10H,(H,26,31)/b15-8+. The second-order valence-electron chi connectivity index (χ2n) is 6.22. The summed E-state index contributed by atoms with van der Waals surface area (Å²) in [5, 5.41) is 6.61. The van der Waals surface area contributed by atoms with E-state index in [-0.39, 0.29) is 22.2 Å². The zero-order chi connectivity index (χ0) is 22.2. The normalized spacial score (nSPS) is 15.5. The Balaban J connectivity index is 1.55. The zero-order valence-corrected chi connectivity index (χ0v) is 16.1. The smallest absolute Gasteiger partial charge is 0.406 e. The number of carbonyl (C=O) groups excluding carboxylic acids is 1. The lowest BCUT2D eigenvalue weighted by Crippen LogP contribution is -2.30. The maximum absolute atomic E-state index is 14.4. The van der Waals surface area contributed by atoms with Crippen LogP contribution in [0.3, 0.4) is 0 Å². The molecular formula is C19H11F4N5O2S. The number of nitrogens with zero attached hydrogens (tertiary/aromatic N) is 4. The van der Waals surface area contributed by atoms with Crippen molar-refractivity contribution in [2.24, 2.45) is 0 Å². The molecule has 1 aliphatic heterocycles. The Kier molecular flexibility index (Phi) is 5.15. The minimum absolute atomic E-state index is 0.0282. The molecule has 0 bridgehead atoms. The quantitative estimate of drug-likeness (QED) is 0.373. The zero-order valence-electron chi connectivity index (χ0n) is 15.3. The summed E-state index contributed by atoms with van der Waals surface area (Å²) >= 11 is 5.16. The Hall–Kier alpha value is -3.80. The molecule has 158 valence electrons. The van der Waals surface area contributed by atoms with Gasteiger partial charge in [0.1, 0.15) is 35.6 Å². The number of anilines is 1. The number of hydrogen-bond acceptors (Lipinski definition) is 5. The molecule has 0 spiro atoms. The van der Waals surface area contributed by atoms with Gasteiger partial charge in [-0.1, -0.05) is 6.07 Å². The molecular weight excluding hydrogens is 438 g/mol. The maximum atomic E-state index is 14.4. The number of halogens is 4. The number of amides is 1. The number of alkyl halides is 3. The van der Waals surface area contributed by atoms with Gasteiger partial charge in [0.15, 0.2) is 5.11 Å². The summed E-state index contributed by atoms with van der Waals surface area (Å²) in [5.74, 6) is -1.55. The Morgan fingerprint density at radius 1 is 1.13 bits per heavy atom. The number of carbonyl (C=O) groups is 1. The lowest BCUT2D eigenvalue weighted by molar-refractivity contribution is -0.274. The molecule has 7 nitrogen and oxygen atoms in total. The molecule has 0 saturated carbocycles. The van der Waals surface area contributed by atoms with Crippen LogP contribution in [0.2, 0.25) is 0 Å². The molecule has 4 rings (SSSR count). The molecule has 0 atom stereocenters. The summed E-state index contributed by atoms with van der Waals surface area (Å²) in [4.78, 5) is 17.6. The SMILES string of the molecule is O=C1/C(=C\c2ccc(-n3cncn3)c(F)c2)NC(=S)N1c1ccc(OC(F)(F)F)cc1. The Bertz CT molecular complexity index is 1180. The molecule has 3 aromatic rings. The predicted octanol–water partition coefficient (Wildman–Crippen LogP) is 3.57. The number of aromatic nitrogens is 3. The lowest BCUT2D eigenvalue weighted by atomic mass is 10.1. The van der Waals surface area contributed by atoms with E-state index in [0.29, 0.717) is 5.56 Å². The van der Waals surface area contributed by atoms with Crippen LogP contribution in [0.4, 0.5) is 23.2 Å². The van der Waals surface area contributed by atoms with E-state index >= 15 is 0 Å². The van der Waals surface area contributed by atoms with E-state index in [4.69, 9.17) is 12.2 Å². The highest BCUT2D eigenvalue weighted by molar-refractivity contribution is 7.80. The predicted molar refractivity (Wildman–Crippen MR) is 106 cm³/mol. The molecule has 0 radical (unpaired) electrons. The molecule has 12 heteroatoms. The fraction of sp³-hybridized carbons (Fsp3) is 0.0526. The van der Waals surface area contributed by atoms with Crippen molar-refractivity contribution in [3.05, 3.63) is 72.2 Å². The van der Waals surface area contributed by atoms with Crippen molar-refractivity contribution in [1.29, 1.82) is 0 Å². The Labute approximate surface area is 177 Å². The molecule has 31 heavy (non-hydrogen) atoms. The number of ether oxygens (including phenoxy) is 1. The number of thiocarbonyl (C=S) groups is 1. The van der Waals surface area contributed by atoms with Crippen molar-refractivity contribution in [3.63, 3.8) is 0 Å². The first-order chi connectivity index (χ1) is 14.7. The van der Waals surface area contributed by atoms with E-state index in [1.54, 1.807) is 6.07 Å². The van der Waals surface area contributed by atoms with Crippen LogP contribution >= 0.6 is 12.2 Å². The summed E-state index contributed by atoms with van der Waals surface area (Å²) in [5.41, 5.74) is 0.890. The topological polar surface area (TPSA) is 72.3 Å². The molecule has 1 aliphatic rings. The first kappa shape index (κ1) is 20.5. The van der Waals surface area contributed by atoms with Gasteiger partial charge >= 0.3 is 6.36 Å². The largest absolute Gasteiger partial charge is 0.573 e. The van der Waals surface area contributed by atoms with Crippen molar-refractivity contribution in [1.82, 2.24) is 20.1 Å². The van der Waals surface area contributed by atoms with Crippen LogP contribution in [0.15, 0.2) is 60.8 Å². The third-order valence-corrected chi connectivity index (χ3v) is 4.44. The molecule has 0 aliphatic carbocycles. The van der Waals surface area contributed by atoms with Crippen molar-refractivity contribution in [2.75, 3.05) is 4.90 Å². The van der Waals surface area contributed by atoms with Gasteiger partial charge in [-0.15, -0.1) is 13.2 Å². The van der Waals surface area contributed by atoms with Gasteiger partial charge < -0.3 is 10.1 Å². The van der Waals surface area contributed by atoms with Crippen molar-refractivity contribution in [3.8, 4) is 11.4 Å². The summed E-state index contributed by atoms with van der Waals surface area (Å²) in [6.45, 7) is 0. The van der Waals surface area contributed by atoms with Crippen LogP contribution in [-0.2, 0) is 4.79 Å². The Morgan fingerprint density at radius 3 is 2.48 bits per heavy atom. The van der Waals surface area contributed by atoms with Crippen molar-refractivity contribution in [2.45, 2.75) is 6.36 Å². The molecule has 2 heterocycles. The number of benzene rings is 2. The second-order valence-corrected chi connectivity index (χ2v) is 6.61.